The second-order valence-electron chi connectivity index (χ2n) is 4.41. The monoisotopic (exact) mass is 236 g/mol. The van der Waals surface area contributed by atoms with E-state index >= 15 is 0 Å². The minimum Gasteiger partial charge on any atom is -0.328 e. The molecule has 0 amide bonds. The molecule has 3 heteroatoms. The predicted octanol–water partition coefficient (Wildman–Crippen LogP) is 2.01. The Labute approximate surface area is 101 Å². The van der Waals surface area contributed by atoms with Gasteiger partial charge in [0.2, 0.25) is 0 Å². The maximum Gasteiger partial charge on any atom is 0.186 e. The number of aryl methyl sites for hydroxylation is 1. The Morgan fingerprint density at radius 3 is 2.44 bits per heavy atom. The highest BCUT2D eigenvalue weighted by molar-refractivity contribution is 6.52. The zero-order valence-corrected chi connectivity index (χ0v) is 11.9. The Bertz CT molecular complexity index is 275. The van der Waals surface area contributed by atoms with Crippen LogP contribution in [0.2, 0.25) is 6.04 Å². The summed E-state index contributed by atoms with van der Waals surface area (Å²) in [5.74, 6) is 0. The molecule has 16 heavy (non-hydrogen) atoms. The predicted molar refractivity (Wildman–Crippen MR) is 74.1 cm³/mol. The molecule has 1 N–H and O–H groups in total. The molecule has 0 saturated carbocycles. The number of nitrogens with zero attached hydrogens (tertiary/aromatic N) is 1. The van der Waals surface area contributed by atoms with Crippen molar-refractivity contribution in [3.63, 3.8) is 0 Å². The van der Waals surface area contributed by atoms with Crippen LogP contribution >= 0.6 is 0 Å². The third kappa shape index (κ3) is 4.92. The first kappa shape index (κ1) is 13.4. The van der Waals surface area contributed by atoms with Gasteiger partial charge < -0.3 is 9.55 Å². The minimum atomic E-state index is -0.865. The second-order valence-corrected chi connectivity index (χ2v) is 7.46. The van der Waals surface area contributed by atoms with Crippen molar-refractivity contribution in [3.05, 3.63) is 35.9 Å². The van der Waals surface area contributed by atoms with Crippen LogP contribution in [-0.2, 0) is 6.42 Å². The van der Waals surface area contributed by atoms with Gasteiger partial charge in [0.25, 0.3) is 0 Å². The Morgan fingerprint density at radius 1 is 1.19 bits per heavy atom. The highest BCUT2D eigenvalue weighted by Gasteiger charge is 2.11. The molecule has 0 aliphatic rings. The van der Waals surface area contributed by atoms with E-state index < -0.39 is 9.12 Å². The lowest BCUT2D eigenvalue weighted by Gasteiger charge is -2.22. The molecule has 0 saturated heterocycles. The van der Waals surface area contributed by atoms with Crippen molar-refractivity contribution in [1.82, 2.24) is 9.55 Å². The maximum absolute atomic E-state index is 3.63. The van der Waals surface area contributed by atoms with E-state index in [0.29, 0.717) is 0 Å². The van der Waals surface area contributed by atoms with E-state index in [-0.39, 0.29) is 0 Å². The molecular weight excluding hydrogens is 212 g/mol. The molecule has 0 aliphatic heterocycles. The van der Waals surface area contributed by atoms with Crippen molar-refractivity contribution in [2.24, 2.45) is 0 Å². The average molecular weight is 236 g/mol. The molecule has 0 aromatic heterocycles. The van der Waals surface area contributed by atoms with Gasteiger partial charge in [0.05, 0.1) is 0 Å². The summed E-state index contributed by atoms with van der Waals surface area (Å²) in [4.78, 5) is 3.63. The van der Waals surface area contributed by atoms with Crippen LogP contribution in [0.15, 0.2) is 30.3 Å². The van der Waals surface area contributed by atoms with Crippen molar-refractivity contribution in [3.8, 4) is 0 Å². The fourth-order valence-corrected chi connectivity index (χ4v) is 4.07. The molecule has 1 rings (SSSR count). The molecule has 0 bridgehead atoms. The average Bonchev–Trinajstić information content (AvgIpc) is 2.29. The molecular formula is C13H24N2Si. The normalized spacial score (nSPS) is 13.0. The van der Waals surface area contributed by atoms with E-state index in [1.165, 1.54) is 24.4 Å². The van der Waals surface area contributed by atoms with Crippen LogP contribution < -0.4 is 4.98 Å². The highest BCUT2D eigenvalue weighted by Crippen LogP contribution is 2.06. The summed E-state index contributed by atoms with van der Waals surface area (Å²) in [5.41, 5.74) is 1.46. The van der Waals surface area contributed by atoms with Crippen LogP contribution in [0, 0.1) is 0 Å². The molecule has 0 spiro atoms. The lowest BCUT2D eigenvalue weighted by atomic mass is 10.1. The molecule has 2 nitrogen and oxygen atoms in total. The topological polar surface area (TPSA) is 15.3 Å². The molecule has 1 unspecified atom stereocenters. The summed E-state index contributed by atoms with van der Waals surface area (Å²) in [5, 5.41) is 0. The van der Waals surface area contributed by atoms with Crippen LogP contribution in [0.4, 0.5) is 0 Å². The molecule has 1 aromatic rings. The van der Waals surface area contributed by atoms with E-state index in [1.807, 2.05) is 0 Å². The third-order valence-corrected chi connectivity index (χ3v) is 5.93. The lowest BCUT2D eigenvalue weighted by molar-refractivity contribution is 0.606. The molecule has 0 heterocycles. The molecule has 1 aromatic carbocycles. The summed E-state index contributed by atoms with van der Waals surface area (Å²) < 4.78 is 2.40. The van der Waals surface area contributed by atoms with E-state index in [9.17, 15) is 0 Å². The number of benzene rings is 1. The molecule has 90 valence electrons. The largest absolute Gasteiger partial charge is 0.328 e. The van der Waals surface area contributed by atoms with Gasteiger partial charge in [-0.3, -0.25) is 0 Å². The van der Waals surface area contributed by atoms with Crippen LogP contribution in [0.3, 0.4) is 0 Å². The van der Waals surface area contributed by atoms with Crippen molar-refractivity contribution < 1.29 is 0 Å². The van der Waals surface area contributed by atoms with Crippen molar-refractivity contribution in [2.45, 2.75) is 25.8 Å². The Balaban J connectivity index is 2.28. The minimum absolute atomic E-state index is 0.865. The van der Waals surface area contributed by atoms with Gasteiger partial charge in [0.15, 0.2) is 9.12 Å². The summed E-state index contributed by atoms with van der Waals surface area (Å²) in [7, 11) is 3.53. The number of rotatable bonds is 7. The fraction of sp³-hybridized carbons (Fsp3) is 0.538. The summed E-state index contributed by atoms with van der Waals surface area (Å²) in [6.07, 6.45) is 2.51. The first-order valence-electron chi connectivity index (χ1n) is 6.17. The molecule has 0 radical (unpaired) electrons. The summed E-state index contributed by atoms with van der Waals surface area (Å²) in [6.45, 7) is 3.29. The Morgan fingerprint density at radius 2 is 1.88 bits per heavy atom. The SMILES string of the molecule is CCN[SiH](CCCc1ccccc1)N(C)C. The van der Waals surface area contributed by atoms with E-state index in [1.54, 1.807) is 0 Å². The van der Waals surface area contributed by atoms with Gasteiger partial charge in [-0.05, 0) is 45.1 Å². The van der Waals surface area contributed by atoms with Crippen molar-refractivity contribution in [1.29, 1.82) is 0 Å². The number of hydrogen-bond acceptors (Lipinski definition) is 2. The Kier molecular flexibility index (Phi) is 6.38. The van der Waals surface area contributed by atoms with Crippen LogP contribution in [0.5, 0.6) is 0 Å². The Hall–Kier alpha value is -0.643. The zero-order chi connectivity index (χ0) is 11.8. The van der Waals surface area contributed by atoms with Crippen LogP contribution in [0.1, 0.15) is 18.9 Å². The zero-order valence-electron chi connectivity index (χ0n) is 10.7. The molecule has 1 atom stereocenters. The van der Waals surface area contributed by atoms with E-state index in [4.69, 9.17) is 0 Å². The van der Waals surface area contributed by atoms with Crippen LogP contribution in [-0.4, -0.2) is 34.3 Å². The van der Waals surface area contributed by atoms with Gasteiger partial charge in [-0.2, -0.15) is 0 Å². The summed E-state index contributed by atoms with van der Waals surface area (Å²) in [6, 6.07) is 12.1. The highest BCUT2D eigenvalue weighted by atomic mass is 28.3. The van der Waals surface area contributed by atoms with Crippen LogP contribution in [0.25, 0.3) is 0 Å². The fourth-order valence-electron chi connectivity index (χ4n) is 1.92. The smallest absolute Gasteiger partial charge is 0.186 e. The standard InChI is InChI=1S/C13H24N2Si/c1-4-14-16(15(2)3)12-8-11-13-9-6-5-7-10-13/h5-7,9-10,14,16H,4,8,11-12H2,1-3H3. The summed E-state index contributed by atoms with van der Waals surface area (Å²) >= 11 is 0. The second kappa shape index (κ2) is 7.60. The van der Waals surface area contributed by atoms with Crippen molar-refractivity contribution >= 4 is 9.12 Å². The third-order valence-electron chi connectivity index (χ3n) is 2.85. The number of hydrogen-bond donors (Lipinski definition) is 1. The van der Waals surface area contributed by atoms with Gasteiger partial charge in [-0.15, -0.1) is 0 Å². The molecule has 0 aliphatic carbocycles. The first-order chi connectivity index (χ1) is 7.74. The first-order valence-corrected chi connectivity index (χ1v) is 8.08. The van der Waals surface area contributed by atoms with Gasteiger partial charge >= 0.3 is 0 Å². The maximum atomic E-state index is 3.63. The molecule has 0 fully saturated rings. The van der Waals surface area contributed by atoms with Gasteiger partial charge in [-0.1, -0.05) is 37.3 Å². The van der Waals surface area contributed by atoms with Gasteiger partial charge in [0, 0.05) is 0 Å². The lowest BCUT2D eigenvalue weighted by Crippen LogP contribution is -2.46. The van der Waals surface area contributed by atoms with E-state index in [2.05, 4.69) is 60.9 Å². The number of nitrogens with one attached hydrogen (secondary N) is 1. The quantitative estimate of drug-likeness (QED) is 0.729. The van der Waals surface area contributed by atoms with Crippen molar-refractivity contribution in [2.75, 3.05) is 20.6 Å². The van der Waals surface area contributed by atoms with Gasteiger partial charge in [-0.25, -0.2) is 0 Å². The van der Waals surface area contributed by atoms with Gasteiger partial charge in [0.1, 0.15) is 0 Å². The van der Waals surface area contributed by atoms with E-state index in [0.717, 1.165) is 6.54 Å².